The van der Waals surface area contributed by atoms with Gasteiger partial charge in [0.05, 0.1) is 24.0 Å². The maximum absolute atomic E-state index is 11.9. The third kappa shape index (κ3) is 4.21. The van der Waals surface area contributed by atoms with E-state index in [9.17, 15) is 9.59 Å². The third-order valence-corrected chi connectivity index (χ3v) is 4.82. The molecule has 0 aromatic carbocycles. The van der Waals surface area contributed by atoms with Gasteiger partial charge in [-0.2, -0.15) is 0 Å². The van der Waals surface area contributed by atoms with Crippen LogP contribution in [0.5, 0.6) is 0 Å². The zero-order valence-electron chi connectivity index (χ0n) is 10.7. The molecule has 5 nitrogen and oxygen atoms in total. The molecule has 0 radical (unpaired) electrons. The van der Waals surface area contributed by atoms with Gasteiger partial charge >= 0.3 is 5.97 Å². The zero-order chi connectivity index (χ0) is 13.7. The number of thioether (sulfide) groups is 1. The van der Waals surface area contributed by atoms with E-state index in [2.05, 4.69) is 10.3 Å². The standard InChI is InChI=1S/C12H16N2O3S2/c1-2-17-10(15)6-8-7-19-12(13-8)14-11(16)9-4-3-5-18-9/h7,9H,2-6H2,1H3,(H,13,14,16). The summed E-state index contributed by atoms with van der Waals surface area (Å²) < 4.78 is 4.85. The van der Waals surface area contributed by atoms with E-state index in [4.69, 9.17) is 4.74 Å². The smallest absolute Gasteiger partial charge is 0.311 e. The van der Waals surface area contributed by atoms with Gasteiger partial charge in [-0.05, 0) is 25.5 Å². The minimum Gasteiger partial charge on any atom is -0.466 e. The number of hydrogen-bond acceptors (Lipinski definition) is 6. The first-order valence-electron chi connectivity index (χ1n) is 6.21. The number of carbonyl (C=O) groups excluding carboxylic acids is 2. The van der Waals surface area contributed by atoms with Crippen LogP contribution >= 0.6 is 23.1 Å². The average Bonchev–Trinajstić information content (AvgIpc) is 3.00. The molecule has 1 atom stereocenters. The first-order chi connectivity index (χ1) is 9.19. The van der Waals surface area contributed by atoms with E-state index in [1.807, 2.05) is 0 Å². The summed E-state index contributed by atoms with van der Waals surface area (Å²) >= 11 is 3.02. The fourth-order valence-corrected chi connectivity index (χ4v) is 3.65. The Kier molecular flexibility index (Phi) is 5.21. The van der Waals surface area contributed by atoms with E-state index in [1.165, 1.54) is 11.3 Å². The monoisotopic (exact) mass is 300 g/mol. The predicted octanol–water partition coefficient (Wildman–Crippen LogP) is 2.08. The van der Waals surface area contributed by atoms with Gasteiger partial charge < -0.3 is 10.1 Å². The Morgan fingerprint density at radius 1 is 1.58 bits per heavy atom. The Morgan fingerprint density at radius 3 is 3.11 bits per heavy atom. The van der Waals surface area contributed by atoms with Gasteiger partial charge in [0.1, 0.15) is 0 Å². The van der Waals surface area contributed by atoms with Crippen LogP contribution in [0, 0.1) is 0 Å². The lowest BCUT2D eigenvalue weighted by atomic mass is 10.2. The largest absolute Gasteiger partial charge is 0.466 e. The van der Waals surface area contributed by atoms with Crippen molar-refractivity contribution in [2.24, 2.45) is 0 Å². The Hall–Kier alpha value is -1.08. The molecule has 1 unspecified atom stereocenters. The highest BCUT2D eigenvalue weighted by Crippen LogP contribution is 2.27. The van der Waals surface area contributed by atoms with E-state index in [-0.39, 0.29) is 23.5 Å². The number of aromatic nitrogens is 1. The lowest BCUT2D eigenvalue weighted by molar-refractivity contribution is -0.142. The Balaban J connectivity index is 1.86. The van der Waals surface area contributed by atoms with E-state index in [0.717, 1.165) is 18.6 Å². The normalized spacial score (nSPS) is 18.3. The number of carbonyl (C=O) groups is 2. The number of esters is 1. The van der Waals surface area contributed by atoms with Gasteiger partial charge in [-0.1, -0.05) is 0 Å². The number of hydrogen-bond donors (Lipinski definition) is 1. The molecule has 0 saturated carbocycles. The van der Waals surface area contributed by atoms with Gasteiger partial charge in [0.15, 0.2) is 5.13 Å². The highest BCUT2D eigenvalue weighted by atomic mass is 32.2. The minimum absolute atomic E-state index is 0.0135. The quantitative estimate of drug-likeness (QED) is 0.843. The van der Waals surface area contributed by atoms with Crippen LogP contribution in [-0.4, -0.2) is 34.5 Å². The van der Waals surface area contributed by atoms with Crippen molar-refractivity contribution in [3.05, 3.63) is 11.1 Å². The number of rotatable bonds is 5. The van der Waals surface area contributed by atoms with Gasteiger partial charge in [-0.15, -0.1) is 23.1 Å². The molecule has 1 aromatic heterocycles. The molecule has 1 saturated heterocycles. The first-order valence-corrected chi connectivity index (χ1v) is 8.14. The third-order valence-electron chi connectivity index (χ3n) is 2.63. The number of nitrogens with one attached hydrogen (secondary N) is 1. The fourth-order valence-electron chi connectivity index (χ4n) is 1.78. The van der Waals surface area contributed by atoms with Crippen molar-refractivity contribution >= 4 is 40.1 Å². The van der Waals surface area contributed by atoms with Crippen LogP contribution in [0.2, 0.25) is 0 Å². The lowest BCUT2D eigenvalue weighted by Crippen LogP contribution is -2.22. The molecule has 19 heavy (non-hydrogen) atoms. The van der Waals surface area contributed by atoms with E-state index < -0.39 is 0 Å². The molecule has 0 bridgehead atoms. The van der Waals surface area contributed by atoms with Crippen LogP contribution in [0.25, 0.3) is 0 Å². The lowest BCUT2D eigenvalue weighted by Gasteiger charge is -2.06. The second-order valence-corrected chi connectivity index (χ2v) is 6.29. The summed E-state index contributed by atoms with van der Waals surface area (Å²) in [5.41, 5.74) is 0.637. The van der Waals surface area contributed by atoms with Crippen LogP contribution < -0.4 is 5.32 Å². The SMILES string of the molecule is CCOC(=O)Cc1csc(NC(=O)C2CCCS2)n1. The molecule has 1 N–H and O–H groups in total. The molecular weight excluding hydrogens is 284 g/mol. The van der Waals surface area contributed by atoms with Crippen LogP contribution in [-0.2, 0) is 20.7 Å². The van der Waals surface area contributed by atoms with Crippen LogP contribution in [0.4, 0.5) is 5.13 Å². The van der Waals surface area contributed by atoms with Crippen molar-refractivity contribution in [2.45, 2.75) is 31.4 Å². The van der Waals surface area contributed by atoms with Crippen molar-refractivity contribution in [1.82, 2.24) is 4.98 Å². The summed E-state index contributed by atoms with van der Waals surface area (Å²) in [4.78, 5) is 27.4. The second kappa shape index (κ2) is 6.91. The predicted molar refractivity (Wildman–Crippen MR) is 76.6 cm³/mol. The Morgan fingerprint density at radius 2 is 2.42 bits per heavy atom. The van der Waals surface area contributed by atoms with Crippen molar-refractivity contribution in [2.75, 3.05) is 17.7 Å². The molecular formula is C12H16N2O3S2. The highest BCUT2D eigenvalue weighted by Gasteiger charge is 2.24. The molecule has 104 valence electrons. The Bertz CT molecular complexity index is 456. The van der Waals surface area contributed by atoms with Crippen LogP contribution in [0.3, 0.4) is 0 Å². The molecule has 1 fully saturated rings. The molecule has 7 heteroatoms. The van der Waals surface area contributed by atoms with Gasteiger partial charge in [-0.25, -0.2) is 4.98 Å². The maximum atomic E-state index is 11.9. The second-order valence-electron chi connectivity index (χ2n) is 4.12. The number of nitrogens with zero attached hydrogens (tertiary/aromatic N) is 1. The summed E-state index contributed by atoms with van der Waals surface area (Å²) in [6.45, 7) is 2.13. The van der Waals surface area contributed by atoms with E-state index in [1.54, 1.807) is 24.1 Å². The van der Waals surface area contributed by atoms with Crippen molar-refractivity contribution < 1.29 is 14.3 Å². The summed E-state index contributed by atoms with van der Waals surface area (Å²) in [5.74, 6) is 0.765. The first kappa shape index (κ1) is 14.3. The topological polar surface area (TPSA) is 68.3 Å². The van der Waals surface area contributed by atoms with Crippen molar-refractivity contribution in [3.8, 4) is 0 Å². The number of amides is 1. The zero-order valence-corrected chi connectivity index (χ0v) is 12.3. The van der Waals surface area contributed by atoms with Crippen molar-refractivity contribution in [3.63, 3.8) is 0 Å². The number of anilines is 1. The molecule has 2 heterocycles. The van der Waals surface area contributed by atoms with Gasteiger partial charge in [0, 0.05) is 5.38 Å². The maximum Gasteiger partial charge on any atom is 0.311 e. The summed E-state index contributed by atoms with van der Waals surface area (Å²) in [6.07, 6.45) is 2.17. The molecule has 0 spiro atoms. The van der Waals surface area contributed by atoms with E-state index in [0.29, 0.717) is 17.4 Å². The average molecular weight is 300 g/mol. The minimum atomic E-state index is -0.294. The van der Waals surface area contributed by atoms with Crippen molar-refractivity contribution in [1.29, 1.82) is 0 Å². The number of thiazole rings is 1. The molecule has 1 aromatic rings. The fraction of sp³-hybridized carbons (Fsp3) is 0.583. The summed E-state index contributed by atoms with van der Waals surface area (Å²) in [7, 11) is 0. The van der Waals surface area contributed by atoms with Crippen LogP contribution in [0.15, 0.2) is 5.38 Å². The summed E-state index contributed by atoms with van der Waals surface area (Å²) in [5, 5.41) is 5.17. The summed E-state index contributed by atoms with van der Waals surface area (Å²) in [6, 6.07) is 0. The molecule has 1 amide bonds. The van der Waals surface area contributed by atoms with E-state index >= 15 is 0 Å². The molecule has 0 aliphatic carbocycles. The highest BCUT2D eigenvalue weighted by molar-refractivity contribution is 8.00. The molecule has 1 aliphatic heterocycles. The number of ether oxygens (including phenoxy) is 1. The molecule has 1 aliphatic rings. The van der Waals surface area contributed by atoms with Gasteiger partial charge in [0.2, 0.25) is 5.91 Å². The van der Waals surface area contributed by atoms with Gasteiger partial charge in [0.25, 0.3) is 0 Å². The Labute approximate surface area is 120 Å². The van der Waals surface area contributed by atoms with Gasteiger partial charge in [-0.3, -0.25) is 9.59 Å². The molecule has 2 rings (SSSR count). The van der Waals surface area contributed by atoms with Crippen LogP contribution in [0.1, 0.15) is 25.5 Å².